The normalized spacial score (nSPS) is 17.9. The summed E-state index contributed by atoms with van der Waals surface area (Å²) in [5, 5.41) is 8.22. The fourth-order valence-electron chi connectivity index (χ4n) is 2.61. The number of carbonyl (C=O) groups excluding carboxylic acids is 1. The molecule has 4 heteroatoms. The number of carbonyl (C=O) groups is 1. The number of amides is 1. The molecule has 1 amide bonds. The molecule has 0 spiro atoms. The van der Waals surface area contributed by atoms with Crippen LogP contribution in [0.5, 0.6) is 0 Å². The van der Waals surface area contributed by atoms with Gasteiger partial charge in [-0.2, -0.15) is 5.10 Å². The van der Waals surface area contributed by atoms with Gasteiger partial charge in [0.05, 0.1) is 11.8 Å². The van der Waals surface area contributed by atoms with E-state index in [4.69, 9.17) is 0 Å². The SMILES string of the molecule is CCc1ccc(C2=NN(C(C)=O)[C@H](c3cccs3)C2)cc1. The lowest BCUT2D eigenvalue weighted by molar-refractivity contribution is -0.130. The van der Waals surface area contributed by atoms with Crippen molar-refractivity contribution in [2.45, 2.75) is 32.7 Å². The van der Waals surface area contributed by atoms with Gasteiger partial charge >= 0.3 is 0 Å². The van der Waals surface area contributed by atoms with Gasteiger partial charge in [0.25, 0.3) is 0 Å². The second-order valence-electron chi connectivity index (χ2n) is 5.20. The maximum Gasteiger partial charge on any atom is 0.240 e. The number of benzene rings is 1. The molecule has 1 aromatic carbocycles. The Morgan fingerprint density at radius 1 is 1.33 bits per heavy atom. The van der Waals surface area contributed by atoms with Crippen molar-refractivity contribution in [1.82, 2.24) is 5.01 Å². The Hall–Kier alpha value is -1.94. The molecule has 0 fully saturated rings. The van der Waals surface area contributed by atoms with Crippen LogP contribution in [-0.2, 0) is 11.2 Å². The van der Waals surface area contributed by atoms with Crippen molar-refractivity contribution >= 4 is 23.0 Å². The highest BCUT2D eigenvalue weighted by Crippen LogP contribution is 2.35. The molecule has 0 radical (unpaired) electrons. The van der Waals surface area contributed by atoms with Gasteiger partial charge in [0.1, 0.15) is 0 Å². The lowest BCUT2D eigenvalue weighted by Gasteiger charge is -2.18. The molecule has 1 atom stereocenters. The summed E-state index contributed by atoms with van der Waals surface area (Å²) in [4.78, 5) is 13.0. The highest BCUT2D eigenvalue weighted by Gasteiger charge is 2.31. The molecule has 0 aliphatic carbocycles. The van der Waals surface area contributed by atoms with Crippen LogP contribution >= 0.6 is 11.3 Å². The van der Waals surface area contributed by atoms with E-state index in [0.29, 0.717) is 0 Å². The Balaban J connectivity index is 1.89. The summed E-state index contributed by atoms with van der Waals surface area (Å²) >= 11 is 1.68. The fraction of sp³-hybridized carbons (Fsp3) is 0.294. The van der Waals surface area contributed by atoms with Crippen LogP contribution < -0.4 is 0 Å². The van der Waals surface area contributed by atoms with Gasteiger partial charge < -0.3 is 0 Å². The van der Waals surface area contributed by atoms with Crippen molar-refractivity contribution in [3.8, 4) is 0 Å². The molecule has 1 aliphatic rings. The first-order valence-corrected chi connectivity index (χ1v) is 8.07. The molecule has 3 nitrogen and oxygen atoms in total. The van der Waals surface area contributed by atoms with Crippen LogP contribution in [0.2, 0.25) is 0 Å². The molecular formula is C17H18N2OS. The van der Waals surface area contributed by atoms with Crippen LogP contribution in [-0.4, -0.2) is 16.6 Å². The quantitative estimate of drug-likeness (QED) is 0.842. The molecule has 0 N–H and O–H groups in total. The zero-order chi connectivity index (χ0) is 14.8. The summed E-state index contributed by atoms with van der Waals surface area (Å²) in [6.45, 7) is 3.72. The minimum absolute atomic E-state index is 0.00595. The Morgan fingerprint density at radius 2 is 2.10 bits per heavy atom. The number of hydrazone groups is 1. The molecule has 108 valence electrons. The topological polar surface area (TPSA) is 32.7 Å². The van der Waals surface area contributed by atoms with Crippen LogP contribution in [0.4, 0.5) is 0 Å². The maximum atomic E-state index is 11.9. The average molecular weight is 298 g/mol. The summed E-state index contributed by atoms with van der Waals surface area (Å²) in [5.41, 5.74) is 3.42. The van der Waals surface area contributed by atoms with Crippen molar-refractivity contribution in [3.63, 3.8) is 0 Å². The monoisotopic (exact) mass is 298 g/mol. The van der Waals surface area contributed by atoms with Crippen molar-refractivity contribution in [2.24, 2.45) is 5.10 Å². The summed E-state index contributed by atoms with van der Waals surface area (Å²) < 4.78 is 0. The summed E-state index contributed by atoms with van der Waals surface area (Å²) in [7, 11) is 0. The number of aryl methyl sites for hydroxylation is 1. The van der Waals surface area contributed by atoms with Gasteiger partial charge in [-0.1, -0.05) is 37.3 Å². The molecule has 0 saturated heterocycles. The van der Waals surface area contributed by atoms with Crippen molar-refractivity contribution in [3.05, 3.63) is 57.8 Å². The van der Waals surface area contributed by atoms with Crippen LogP contribution in [0.1, 0.15) is 42.3 Å². The number of rotatable bonds is 3. The lowest BCUT2D eigenvalue weighted by Crippen LogP contribution is -2.23. The van der Waals surface area contributed by atoms with E-state index < -0.39 is 0 Å². The first-order valence-electron chi connectivity index (χ1n) is 7.19. The Kier molecular flexibility index (Phi) is 3.88. The second-order valence-corrected chi connectivity index (χ2v) is 6.18. The summed E-state index contributed by atoms with van der Waals surface area (Å²) in [6, 6.07) is 12.6. The largest absolute Gasteiger partial charge is 0.273 e. The minimum atomic E-state index is -0.00595. The van der Waals surface area contributed by atoms with Gasteiger partial charge in [-0.25, -0.2) is 5.01 Å². The maximum absolute atomic E-state index is 11.9. The Morgan fingerprint density at radius 3 is 2.67 bits per heavy atom. The molecule has 0 bridgehead atoms. The number of hydrogen-bond donors (Lipinski definition) is 0. The van der Waals surface area contributed by atoms with E-state index in [1.165, 1.54) is 10.4 Å². The van der Waals surface area contributed by atoms with Gasteiger partial charge in [-0.05, 0) is 29.0 Å². The highest BCUT2D eigenvalue weighted by molar-refractivity contribution is 7.10. The van der Waals surface area contributed by atoms with Gasteiger partial charge in [-0.3, -0.25) is 4.79 Å². The van der Waals surface area contributed by atoms with E-state index in [0.717, 1.165) is 24.1 Å². The molecule has 0 unspecified atom stereocenters. The standard InChI is InChI=1S/C17H18N2OS/c1-3-13-6-8-14(9-7-13)15-11-16(17-5-4-10-21-17)19(18-15)12(2)20/h4-10,16H,3,11H2,1-2H3/t16-/m0/s1. The molecule has 3 rings (SSSR count). The Bertz CT molecular complexity index is 659. The van der Waals surface area contributed by atoms with Crippen molar-refractivity contribution < 1.29 is 4.79 Å². The first-order chi connectivity index (χ1) is 10.2. The predicted molar refractivity (Wildman–Crippen MR) is 86.6 cm³/mol. The minimum Gasteiger partial charge on any atom is -0.273 e. The first kappa shape index (κ1) is 14.0. The third-order valence-corrected chi connectivity index (χ3v) is 4.77. The van der Waals surface area contributed by atoms with Gasteiger partial charge in [0.15, 0.2) is 0 Å². The van der Waals surface area contributed by atoms with Crippen molar-refractivity contribution in [1.29, 1.82) is 0 Å². The van der Waals surface area contributed by atoms with Gasteiger partial charge in [0.2, 0.25) is 5.91 Å². The summed E-state index contributed by atoms with van der Waals surface area (Å²) in [6.07, 6.45) is 1.82. The van der Waals surface area contributed by atoms with Gasteiger partial charge in [0, 0.05) is 18.2 Å². The van der Waals surface area contributed by atoms with Crippen LogP contribution in [0.15, 0.2) is 46.9 Å². The fourth-order valence-corrected chi connectivity index (χ4v) is 3.42. The van der Waals surface area contributed by atoms with Crippen LogP contribution in [0.3, 0.4) is 0 Å². The van der Waals surface area contributed by atoms with Crippen LogP contribution in [0, 0.1) is 0 Å². The number of hydrogen-bond acceptors (Lipinski definition) is 3. The zero-order valence-electron chi connectivity index (χ0n) is 12.2. The predicted octanol–water partition coefficient (Wildman–Crippen LogP) is 4.01. The summed E-state index contributed by atoms with van der Waals surface area (Å²) in [5.74, 6) is -0.00595. The molecule has 0 saturated carbocycles. The third kappa shape index (κ3) is 2.76. The van der Waals surface area contributed by atoms with Crippen LogP contribution in [0.25, 0.3) is 0 Å². The van der Waals surface area contributed by atoms with E-state index in [1.54, 1.807) is 23.3 Å². The molecule has 1 aromatic heterocycles. The molecular weight excluding hydrogens is 280 g/mol. The highest BCUT2D eigenvalue weighted by atomic mass is 32.1. The van der Waals surface area contributed by atoms with E-state index in [1.807, 2.05) is 11.4 Å². The second kappa shape index (κ2) is 5.82. The lowest BCUT2D eigenvalue weighted by atomic mass is 10.0. The smallest absolute Gasteiger partial charge is 0.240 e. The van der Waals surface area contributed by atoms with E-state index in [9.17, 15) is 4.79 Å². The van der Waals surface area contributed by atoms with Gasteiger partial charge in [-0.15, -0.1) is 11.3 Å². The van der Waals surface area contributed by atoms with Crippen molar-refractivity contribution in [2.75, 3.05) is 0 Å². The molecule has 21 heavy (non-hydrogen) atoms. The van der Waals surface area contributed by atoms with E-state index in [-0.39, 0.29) is 11.9 Å². The van der Waals surface area contributed by atoms with E-state index in [2.05, 4.69) is 42.4 Å². The molecule has 1 aliphatic heterocycles. The molecule has 2 heterocycles. The number of nitrogens with zero attached hydrogens (tertiary/aromatic N) is 2. The zero-order valence-corrected chi connectivity index (χ0v) is 13.1. The average Bonchev–Trinajstić information content (AvgIpc) is 3.16. The molecule has 2 aromatic rings. The Labute approximate surface area is 128 Å². The third-order valence-electron chi connectivity index (χ3n) is 3.80. The van der Waals surface area contributed by atoms with E-state index >= 15 is 0 Å². The number of thiophene rings is 1.